The molecular weight excluding hydrogens is 210 g/mol. The van der Waals surface area contributed by atoms with Gasteiger partial charge in [0.05, 0.1) is 24.8 Å². The van der Waals surface area contributed by atoms with Gasteiger partial charge in [-0.2, -0.15) is 0 Å². The lowest BCUT2D eigenvalue weighted by atomic mass is 10.3. The summed E-state index contributed by atoms with van der Waals surface area (Å²) in [6.45, 7) is 4.04. The van der Waals surface area contributed by atoms with Crippen molar-refractivity contribution >= 4 is 11.9 Å². The standard InChI is InChI=1S/C10H13N3O3/c1-7-6-16-3-2-13(7)10-11-4-8(5-12-10)9(14)15/h4-5,7H,2-3,6H2,1H3,(H,14,15). The molecule has 1 aliphatic rings. The first-order valence-electron chi connectivity index (χ1n) is 5.08. The molecule has 0 spiro atoms. The van der Waals surface area contributed by atoms with E-state index < -0.39 is 5.97 Å². The SMILES string of the molecule is CC1COCCN1c1ncc(C(=O)O)cn1. The van der Waals surface area contributed by atoms with Crippen LogP contribution in [0.1, 0.15) is 17.3 Å². The number of hydrogen-bond donors (Lipinski definition) is 1. The number of aromatic nitrogens is 2. The van der Waals surface area contributed by atoms with E-state index in [1.807, 2.05) is 11.8 Å². The van der Waals surface area contributed by atoms with E-state index in [0.717, 1.165) is 6.54 Å². The van der Waals surface area contributed by atoms with Crippen LogP contribution in [0.5, 0.6) is 0 Å². The zero-order valence-electron chi connectivity index (χ0n) is 8.96. The van der Waals surface area contributed by atoms with Crippen molar-refractivity contribution in [3.05, 3.63) is 18.0 Å². The summed E-state index contributed by atoms with van der Waals surface area (Å²) in [6.07, 6.45) is 2.65. The van der Waals surface area contributed by atoms with Crippen LogP contribution in [-0.4, -0.2) is 46.8 Å². The minimum atomic E-state index is -1.01. The van der Waals surface area contributed by atoms with Crippen LogP contribution in [0.2, 0.25) is 0 Å². The third kappa shape index (κ3) is 2.11. The Morgan fingerprint density at radius 3 is 2.81 bits per heavy atom. The predicted molar refractivity (Wildman–Crippen MR) is 56.6 cm³/mol. The molecule has 6 nitrogen and oxygen atoms in total. The summed E-state index contributed by atoms with van der Waals surface area (Å²) in [5, 5.41) is 8.72. The lowest BCUT2D eigenvalue weighted by Gasteiger charge is -2.33. The number of carbonyl (C=O) groups is 1. The molecule has 1 saturated heterocycles. The van der Waals surface area contributed by atoms with Crippen molar-refractivity contribution < 1.29 is 14.6 Å². The fourth-order valence-electron chi connectivity index (χ4n) is 1.60. The van der Waals surface area contributed by atoms with Gasteiger partial charge in [0.2, 0.25) is 5.95 Å². The summed E-state index contributed by atoms with van der Waals surface area (Å²) in [7, 11) is 0. The van der Waals surface area contributed by atoms with E-state index in [9.17, 15) is 4.79 Å². The Labute approximate surface area is 92.9 Å². The molecule has 1 unspecified atom stereocenters. The Balaban J connectivity index is 2.17. The van der Waals surface area contributed by atoms with Crippen molar-refractivity contribution in [2.75, 3.05) is 24.7 Å². The van der Waals surface area contributed by atoms with Crippen molar-refractivity contribution in [3.8, 4) is 0 Å². The van der Waals surface area contributed by atoms with Crippen LogP contribution in [0, 0.1) is 0 Å². The monoisotopic (exact) mass is 223 g/mol. The smallest absolute Gasteiger partial charge is 0.338 e. The molecule has 1 aromatic rings. The Hall–Kier alpha value is -1.69. The van der Waals surface area contributed by atoms with Gasteiger partial charge in [0.1, 0.15) is 0 Å². The molecule has 1 N–H and O–H groups in total. The van der Waals surface area contributed by atoms with Gasteiger partial charge in [0.25, 0.3) is 0 Å². The van der Waals surface area contributed by atoms with Gasteiger partial charge in [0.15, 0.2) is 0 Å². The number of morpholine rings is 1. The van der Waals surface area contributed by atoms with Crippen molar-refractivity contribution in [3.63, 3.8) is 0 Å². The van der Waals surface area contributed by atoms with Gasteiger partial charge in [-0.05, 0) is 6.92 Å². The molecule has 0 aromatic carbocycles. The number of anilines is 1. The lowest BCUT2D eigenvalue weighted by molar-refractivity contribution is 0.0695. The molecular formula is C10H13N3O3. The van der Waals surface area contributed by atoms with Crippen LogP contribution in [0.3, 0.4) is 0 Å². The first-order valence-corrected chi connectivity index (χ1v) is 5.08. The molecule has 0 saturated carbocycles. The zero-order valence-corrected chi connectivity index (χ0v) is 8.96. The summed E-state index contributed by atoms with van der Waals surface area (Å²) in [6, 6.07) is 0.212. The van der Waals surface area contributed by atoms with E-state index in [0.29, 0.717) is 19.2 Å². The quantitative estimate of drug-likeness (QED) is 0.782. The number of carboxylic acids is 1. The predicted octanol–water partition coefficient (Wildman–Crippen LogP) is 0.400. The van der Waals surface area contributed by atoms with Crippen LogP contribution in [-0.2, 0) is 4.74 Å². The normalized spacial score (nSPS) is 20.8. The summed E-state index contributed by atoms with van der Waals surface area (Å²) in [4.78, 5) is 20.8. The van der Waals surface area contributed by atoms with Crippen LogP contribution in [0.15, 0.2) is 12.4 Å². The van der Waals surface area contributed by atoms with Gasteiger partial charge >= 0.3 is 5.97 Å². The fourth-order valence-corrected chi connectivity index (χ4v) is 1.60. The van der Waals surface area contributed by atoms with E-state index in [1.54, 1.807) is 0 Å². The summed E-state index contributed by atoms with van der Waals surface area (Å²) in [5.41, 5.74) is 0.102. The maximum Gasteiger partial charge on any atom is 0.338 e. The van der Waals surface area contributed by atoms with Crippen LogP contribution < -0.4 is 4.90 Å². The van der Waals surface area contributed by atoms with E-state index in [-0.39, 0.29) is 11.6 Å². The van der Waals surface area contributed by atoms with Gasteiger partial charge in [-0.1, -0.05) is 0 Å². The molecule has 86 valence electrons. The van der Waals surface area contributed by atoms with E-state index in [2.05, 4.69) is 9.97 Å². The second kappa shape index (κ2) is 4.44. The van der Waals surface area contributed by atoms with Crippen molar-refractivity contribution in [1.82, 2.24) is 9.97 Å². The highest BCUT2D eigenvalue weighted by molar-refractivity contribution is 5.86. The number of rotatable bonds is 2. The lowest BCUT2D eigenvalue weighted by Crippen LogP contribution is -2.44. The van der Waals surface area contributed by atoms with Gasteiger partial charge in [-0.15, -0.1) is 0 Å². The number of carboxylic acid groups (broad SMARTS) is 1. The first-order chi connectivity index (χ1) is 7.68. The maximum absolute atomic E-state index is 10.6. The highest BCUT2D eigenvalue weighted by Crippen LogP contribution is 2.14. The topological polar surface area (TPSA) is 75.5 Å². The number of hydrogen-bond acceptors (Lipinski definition) is 5. The van der Waals surface area contributed by atoms with E-state index in [4.69, 9.17) is 9.84 Å². The van der Waals surface area contributed by atoms with Crippen molar-refractivity contribution in [2.24, 2.45) is 0 Å². The second-order valence-electron chi connectivity index (χ2n) is 3.69. The minimum Gasteiger partial charge on any atom is -0.478 e. The fraction of sp³-hybridized carbons (Fsp3) is 0.500. The molecule has 0 radical (unpaired) electrons. The largest absolute Gasteiger partial charge is 0.478 e. The molecule has 6 heteroatoms. The third-order valence-electron chi connectivity index (χ3n) is 2.51. The van der Waals surface area contributed by atoms with Crippen LogP contribution in [0.4, 0.5) is 5.95 Å². The molecule has 0 aliphatic carbocycles. The van der Waals surface area contributed by atoms with E-state index in [1.165, 1.54) is 12.4 Å². The van der Waals surface area contributed by atoms with Crippen molar-refractivity contribution in [2.45, 2.75) is 13.0 Å². The summed E-state index contributed by atoms with van der Waals surface area (Å²) in [5.74, 6) is -0.456. The molecule has 0 bridgehead atoms. The van der Waals surface area contributed by atoms with Gasteiger partial charge in [-0.3, -0.25) is 0 Å². The molecule has 1 aliphatic heterocycles. The first kappa shape index (κ1) is 10.8. The highest BCUT2D eigenvalue weighted by atomic mass is 16.5. The number of aromatic carboxylic acids is 1. The van der Waals surface area contributed by atoms with Crippen LogP contribution >= 0.6 is 0 Å². The molecule has 1 aromatic heterocycles. The summed E-state index contributed by atoms with van der Waals surface area (Å²) < 4.78 is 5.30. The molecule has 1 fully saturated rings. The molecule has 0 amide bonds. The average Bonchev–Trinajstić information content (AvgIpc) is 2.30. The van der Waals surface area contributed by atoms with Gasteiger partial charge in [0, 0.05) is 18.9 Å². The van der Waals surface area contributed by atoms with Gasteiger partial charge in [-0.25, -0.2) is 14.8 Å². The number of ether oxygens (including phenoxy) is 1. The molecule has 1 atom stereocenters. The Kier molecular flexibility index (Phi) is 3.00. The second-order valence-corrected chi connectivity index (χ2v) is 3.69. The third-order valence-corrected chi connectivity index (χ3v) is 2.51. The molecule has 16 heavy (non-hydrogen) atoms. The minimum absolute atomic E-state index is 0.102. The van der Waals surface area contributed by atoms with E-state index >= 15 is 0 Å². The Bertz CT molecular complexity index is 379. The number of nitrogens with zero attached hydrogens (tertiary/aromatic N) is 3. The van der Waals surface area contributed by atoms with Crippen molar-refractivity contribution in [1.29, 1.82) is 0 Å². The molecule has 2 heterocycles. The van der Waals surface area contributed by atoms with Gasteiger partial charge < -0.3 is 14.7 Å². The Morgan fingerprint density at radius 2 is 2.25 bits per heavy atom. The highest BCUT2D eigenvalue weighted by Gasteiger charge is 2.21. The summed E-state index contributed by atoms with van der Waals surface area (Å²) >= 11 is 0. The Morgan fingerprint density at radius 1 is 1.56 bits per heavy atom. The zero-order chi connectivity index (χ0) is 11.5. The average molecular weight is 223 g/mol. The van der Waals surface area contributed by atoms with Crippen LogP contribution in [0.25, 0.3) is 0 Å². The molecule has 2 rings (SSSR count). The maximum atomic E-state index is 10.6.